The Bertz CT molecular complexity index is 419. The summed E-state index contributed by atoms with van der Waals surface area (Å²) >= 11 is 0. The highest BCUT2D eigenvalue weighted by atomic mass is 16.5. The van der Waals surface area contributed by atoms with E-state index in [-0.39, 0.29) is 11.9 Å². The summed E-state index contributed by atoms with van der Waals surface area (Å²) in [6.07, 6.45) is 1.08. The molecule has 2 N–H and O–H groups in total. The second-order valence-corrected chi connectivity index (χ2v) is 4.79. The number of methoxy groups -OCH3 is 1. The molecule has 0 spiro atoms. The molecule has 0 aliphatic carbocycles. The van der Waals surface area contributed by atoms with Crippen molar-refractivity contribution >= 4 is 11.6 Å². The van der Waals surface area contributed by atoms with Crippen LogP contribution in [0.15, 0.2) is 18.2 Å². The standard InChI is InChI=1S/C15H24N2O2/c1-5-8-16-13-6-7-14(11(2)9-13)15(18)17-12(3)10-19-4/h6-7,9,12,16H,5,8,10H2,1-4H3,(H,17,18). The van der Waals surface area contributed by atoms with Crippen LogP contribution in [0.1, 0.15) is 36.2 Å². The van der Waals surface area contributed by atoms with Gasteiger partial charge in [0.25, 0.3) is 5.91 Å². The number of benzene rings is 1. The largest absolute Gasteiger partial charge is 0.385 e. The lowest BCUT2D eigenvalue weighted by molar-refractivity contribution is 0.0905. The molecular formula is C15H24N2O2. The minimum absolute atomic E-state index is 0.00907. The molecule has 1 aromatic rings. The number of carbonyl (C=O) groups is 1. The fourth-order valence-electron chi connectivity index (χ4n) is 1.89. The van der Waals surface area contributed by atoms with Gasteiger partial charge in [-0.15, -0.1) is 0 Å². The molecular weight excluding hydrogens is 240 g/mol. The van der Waals surface area contributed by atoms with Gasteiger partial charge in [-0.25, -0.2) is 0 Å². The molecule has 0 aromatic heterocycles. The van der Waals surface area contributed by atoms with Crippen molar-refractivity contribution in [3.05, 3.63) is 29.3 Å². The quantitative estimate of drug-likeness (QED) is 0.796. The van der Waals surface area contributed by atoms with Gasteiger partial charge in [0.1, 0.15) is 0 Å². The Hall–Kier alpha value is -1.55. The molecule has 1 unspecified atom stereocenters. The summed E-state index contributed by atoms with van der Waals surface area (Å²) in [5.74, 6) is -0.0518. The lowest BCUT2D eigenvalue weighted by Gasteiger charge is -2.14. The molecule has 0 saturated carbocycles. The summed E-state index contributed by atoms with van der Waals surface area (Å²) in [6.45, 7) is 7.45. The van der Waals surface area contributed by atoms with E-state index >= 15 is 0 Å². The first-order valence-electron chi connectivity index (χ1n) is 6.72. The Morgan fingerprint density at radius 3 is 2.74 bits per heavy atom. The maximum atomic E-state index is 12.1. The van der Waals surface area contributed by atoms with E-state index in [1.807, 2.05) is 32.0 Å². The summed E-state index contributed by atoms with van der Waals surface area (Å²) < 4.78 is 5.01. The summed E-state index contributed by atoms with van der Waals surface area (Å²) in [4.78, 5) is 12.1. The number of ether oxygens (including phenoxy) is 1. The maximum absolute atomic E-state index is 12.1. The van der Waals surface area contributed by atoms with Crippen molar-refractivity contribution in [3.8, 4) is 0 Å². The minimum atomic E-state index is -0.0518. The molecule has 0 aliphatic rings. The number of hydrogen-bond acceptors (Lipinski definition) is 3. The highest BCUT2D eigenvalue weighted by Crippen LogP contribution is 2.15. The second-order valence-electron chi connectivity index (χ2n) is 4.79. The first kappa shape index (κ1) is 15.5. The Kier molecular flexibility index (Phi) is 6.36. The molecule has 0 aliphatic heterocycles. The third-order valence-corrected chi connectivity index (χ3v) is 2.84. The SMILES string of the molecule is CCCNc1ccc(C(=O)NC(C)COC)c(C)c1. The van der Waals surface area contributed by atoms with Crippen LogP contribution in [0.3, 0.4) is 0 Å². The van der Waals surface area contributed by atoms with Crippen molar-refractivity contribution in [1.29, 1.82) is 0 Å². The van der Waals surface area contributed by atoms with Gasteiger partial charge in [0.15, 0.2) is 0 Å². The van der Waals surface area contributed by atoms with Crippen LogP contribution in [0.2, 0.25) is 0 Å². The zero-order valence-corrected chi connectivity index (χ0v) is 12.2. The average molecular weight is 264 g/mol. The van der Waals surface area contributed by atoms with Gasteiger partial charge in [0.2, 0.25) is 0 Å². The highest BCUT2D eigenvalue weighted by Gasteiger charge is 2.12. The summed E-state index contributed by atoms with van der Waals surface area (Å²) in [6, 6.07) is 5.82. The van der Waals surface area contributed by atoms with Gasteiger partial charge < -0.3 is 15.4 Å². The van der Waals surface area contributed by atoms with Crippen molar-refractivity contribution in [3.63, 3.8) is 0 Å². The first-order chi connectivity index (χ1) is 9.08. The van der Waals surface area contributed by atoms with Crippen LogP contribution >= 0.6 is 0 Å². The van der Waals surface area contributed by atoms with E-state index in [1.165, 1.54) is 0 Å². The smallest absolute Gasteiger partial charge is 0.251 e. The van der Waals surface area contributed by atoms with Crippen LogP contribution < -0.4 is 10.6 Å². The molecule has 1 rings (SSSR count). The molecule has 0 saturated heterocycles. The molecule has 1 atom stereocenters. The number of nitrogens with one attached hydrogen (secondary N) is 2. The van der Waals surface area contributed by atoms with Crippen molar-refractivity contribution in [2.45, 2.75) is 33.2 Å². The second kappa shape index (κ2) is 7.79. The van der Waals surface area contributed by atoms with Crippen LogP contribution in [0, 0.1) is 6.92 Å². The number of rotatable bonds is 7. The fourth-order valence-corrected chi connectivity index (χ4v) is 1.89. The summed E-state index contributed by atoms with van der Waals surface area (Å²) in [5.41, 5.74) is 2.74. The van der Waals surface area contributed by atoms with E-state index in [4.69, 9.17) is 4.74 Å². The maximum Gasteiger partial charge on any atom is 0.251 e. The van der Waals surface area contributed by atoms with Crippen molar-refractivity contribution in [2.24, 2.45) is 0 Å². The topological polar surface area (TPSA) is 50.4 Å². The van der Waals surface area contributed by atoms with Crippen molar-refractivity contribution in [1.82, 2.24) is 5.32 Å². The first-order valence-corrected chi connectivity index (χ1v) is 6.72. The monoisotopic (exact) mass is 264 g/mol. The van der Waals surface area contributed by atoms with E-state index in [0.717, 1.165) is 24.2 Å². The van der Waals surface area contributed by atoms with Crippen LogP contribution in [0.25, 0.3) is 0 Å². The zero-order chi connectivity index (χ0) is 14.3. The van der Waals surface area contributed by atoms with Gasteiger partial charge in [-0.05, 0) is 44.0 Å². The molecule has 19 heavy (non-hydrogen) atoms. The Balaban J connectivity index is 2.70. The molecule has 0 bridgehead atoms. The predicted molar refractivity (Wildman–Crippen MR) is 78.8 cm³/mol. The number of carbonyl (C=O) groups excluding carboxylic acids is 1. The van der Waals surface area contributed by atoms with E-state index in [2.05, 4.69) is 17.6 Å². The molecule has 4 heteroatoms. The lowest BCUT2D eigenvalue weighted by atomic mass is 10.1. The molecule has 0 fully saturated rings. The van der Waals surface area contributed by atoms with Crippen molar-refractivity contribution < 1.29 is 9.53 Å². The number of anilines is 1. The molecule has 4 nitrogen and oxygen atoms in total. The van der Waals surface area contributed by atoms with Gasteiger partial charge in [0.05, 0.1) is 6.61 Å². The predicted octanol–water partition coefficient (Wildman–Crippen LogP) is 2.58. The van der Waals surface area contributed by atoms with Crippen LogP contribution in [0.4, 0.5) is 5.69 Å². The van der Waals surface area contributed by atoms with Crippen molar-refractivity contribution in [2.75, 3.05) is 25.6 Å². The van der Waals surface area contributed by atoms with Gasteiger partial charge in [-0.1, -0.05) is 6.92 Å². The number of hydrogen-bond donors (Lipinski definition) is 2. The third kappa shape index (κ3) is 4.91. The van der Waals surface area contributed by atoms with Crippen LogP contribution in [-0.4, -0.2) is 32.2 Å². The Morgan fingerprint density at radius 1 is 1.42 bits per heavy atom. The molecule has 0 heterocycles. The van der Waals surface area contributed by atoms with Gasteiger partial charge in [0, 0.05) is 30.9 Å². The van der Waals surface area contributed by atoms with E-state index in [1.54, 1.807) is 7.11 Å². The van der Waals surface area contributed by atoms with E-state index in [9.17, 15) is 4.79 Å². The fraction of sp³-hybridized carbons (Fsp3) is 0.533. The highest BCUT2D eigenvalue weighted by molar-refractivity contribution is 5.96. The average Bonchev–Trinajstić information content (AvgIpc) is 2.36. The Labute approximate surface area is 115 Å². The van der Waals surface area contributed by atoms with Gasteiger partial charge in [-0.2, -0.15) is 0 Å². The number of aryl methyl sites for hydroxylation is 1. The molecule has 0 radical (unpaired) electrons. The molecule has 1 amide bonds. The molecule has 1 aromatic carbocycles. The molecule has 106 valence electrons. The van der Waals surface area contributed by atoms with Gasteiger partial charge >= 0.3 is 0 Å². The Morgan fingerprint density at radius 2 is 2.16 bits per heavy atom. The zero-order valence-electron chi connectivity index (χ0n) is 12.2. The van der Waals surface area contributed by atoms with E-state index in [0.29, 0.717) is 12.2 Å². The normalized spacial score (nSPS) is 12.0. The van der Waals surface area contributed by atoms with Gasteiger partial charge in [-0.3, -0.25) is 4.79 Å². The lowest BCUT2D eigenvalue weighted by Crippen LogP contribution is -2.35. The summed E-state index contributed by atoms with van der Waals surface area (Å²) in [5, 5.41) is 6.23. The van der Waals surface area contributed by atoms with Crippen LogP contribution in [0.5, 0.6) is 0 Å². The minimum Gasteiger partial charge on any atom is -0.385 e. The van der Waals surface area contributed by atoms with Crippen LogP contribution in [-0.2, 0) is 4.74 Å². The summed E-state index contributed by atoms with van der Waals surface area (Å²) in [7, 11) is 1.63. The third-order valence-electron chi connectivity index (χ3n) is 2.84. The van der Waals surface area contributed by atoms with E-state index < -0.39 is 0 Å². The number of amides is 1.